The Hall–Kier alpha value is -3.11. The van der Waals surface area contributed by atoms with Crippen LogP contribution in [-0.4, -0.2) is 19.2 Å². The Morgan fingerprint density at radius 2 is 0.936 bits per heavy atom. The first-order chi connectivity index (χ1) is 23.1. The molecule has 0 aliphatic heterocycles. The second-order valence-electron chi connectivity index (χ2n) is 13.1. The molecule has 0 saturated carbocycles. The van der Waals surface area contributed by atoms with Gasteiger partial charge < -0.3 is 14.2 Å². The SMILES string of the molecule is CCCCCCCCCCCCOC(C)c1ccc(OC(=O)c2ccc(-c3ccc(OCCCCCCCCCC)cc3)cc2)cc1. The van der Waals surface area contributed by atoms with Crippen molar-refractivity contribution in [2.75, 3.05) is 13.2 Å². The normalized spacial score (nSPS) is 11.8. The van der Waals surface area contributed by atoms with Crippen molar-refractivity contribution in [1.29, 1.82) is 0 Å². The largest absolute Gasteiger partial charge is 0.494 e. The molecule has 0 amide bonds. The van der Waals surface area contributed by atoms with Gasteiger partial charge in [-0.2, -0.15) is 0 Å². The van der Waals surface area contributed by atoms with E-state index in [0.717, 1.165) is 48.5 Å². The molecule has 0 aromatic heterocycles. The Morgan fingerprint density at radius 3 is 1.45 bits per heavy atom. The van der Waals surface area contributed by atoms with Crippen molar-refractivity contribution in [3.8, 4) is 22.6 Å². The van der Waals surface area contributed by atoms with Crippen molar-refractivity contribution in [3.63, 3.8) is 0 Å². The monoisotopic (exact) mass is 642 g/mol. The van der Waals surface area contributed by atoms with Crippen LogP contribution >= 0.6 is 0 Å². The third-order valence-corrected chi connectivity index (χ3v) is 9.00. The molecule has 3 rings (SSSR count). The molecule has 3 aromatic rings. The van der Waals surface area contributed by atoms with E-state index in [1.165, 1.54) is 103 Å². The molecule has 0 bridgehead atoms. The number of hydrogen-bond acceptors (Lipinski definition) is 4. The highest BCUT2D eigenvalue weighted by atomic mass is 16.5. The average molecular weight is 643 g/mol. The van der Waals surface area contributed by atoms with E-state index >= 15 is 0 Å². The molecule has 0 N–H and O–H groups in total. The van der Waals surface area contributed by atoms with Crippen LogP contribution in [0.4, 0.5) is 0 Å². The molecule has 1 unspecified atom stereocenters. The van der Waals surface area contributed by atoms with Gasteiger partial charge in [-0.1, -0.05) is 153 Å². The Balaban J connectivity index is 1.31. The fourth-order valence-electron chi connectivity index (χ4n) is 5.89. The highest BCUT2D eigenvalue weighted by Gasteiger charge is 2.11. The zero-order valence-corrected chi connectivity index (χ0v) is 29.8. The molecule has 258 valence electrons. The number of ether oxygens (including phenoxy) is 3. The standard InChI is InChI=1S/C43H62O4/c1-4-6-8-10-12-14-15-17-18-20-34-45-36(3)37-26-32-42(33-27-37)47-43(44)40-24-22-38(23-25-40)39-28-30-41(31-29-39)46-35-21-19-16-13-11-9-7-5-2/h22-33,36H,4-21,34-35H2,1-3H3. The van der Waals surface area contributed by atoms with Gasteiger partial charge in [0.15, 0.2) is 0 Å². The van der Waals surface area contributed by atoms with Gasteiger partial charge in [0.1, 0.15) is 11.5 Å². The van der Waals surface area contributed by atoms with Crippen LogP contribution in [0.25, 0.3) is 11.1 Å². The second-order valence-corrected chi connectivity index (χ2v) is 13.1. The molecule has 0 saturated heterocycles. The van der Waals surface area contributed by atoms with Crippen molar-refractivity contribution in [1.82, 2.24) is 0 Å². The number of carbonyl (C=O) groups is 1. The summed E-state index contributed by atoms with van der Waals surface area (Å²) in [6, 6.07) is 23.4. The average Bonchev–Trinajstić information content (AvgIpc) is 3.10. The quantitative estimate of drug-likeness (QED) is 0.0496. The highest BCUT2D eigenvalue weighted by molar-refractivity contribution is 5.91. The molecule has 4 nitrogen and oxygen atoms in total. The van der Waals surface area contributed by atoms with Gasteiger partial charge in [-0.3, -0.25) is 0 Å². The van der Waals surface area contributed by atoms with E-state index in [-0.39, 0.29) is 12.1 Å². The zero-order valence-electron chi connectivity index (χ0n) is 29.8. The maximum Gasteiger partial charge on any atom is 0.343 e. The van der Waals surface area contributed by atoms with Crippen LogP contribution in [0.1, 0.15) is 158 Å². The van der Waals surface area contributed by atoms with Crippen molar-refractivity contribution in [2.24, 2.45) is 0 Å². The molecule has 0 aliphatic carbocycles. The smallest absolute Gasteiger partial charge is 0.343 e. The number of rotatable bonds is 26. The Kier molecular flexibility index (Phi) is 19.7. The minimum absolute atomic E-state index is 0.0152. The zero-order chi connectivity index (χ0) is 33.4. The summed E-state index contributed by atoms with van der Waals surface area (Å²) >= 11 is 0. The van der Waals surface area contributed by atoms with Crippen molar-refractivity contribution in [2.45, 2.75) is 142 Å². The molecule has 3 aromatic carbocycles. The molecule has 0 spiro atoms. The lowest BCUT2D eigenvalue weighted by molar-refractivity contribution is 0.0627. The van der Waals surface area contributed by atoms with Gasteiger partial charge in [-0.25, -0.2) is 4.79 Å². The first-order valence-electron chi connectivity index (χ1n) is 18.9. The van der Waals surface area contributed by atoms with E-state index in [1.807, 2.05) is 60.7 Å². The summed E-state index contributed by atoms with van der Waals surface area (Å²) in [6.45, 7) is 8.15. The summed E-state index contributed by atoms with van der Waals surface area (Å²) in [4.78, 5) is 12.8. The summed E-state index contributed by atoms with van der Waals surface area (Å²) < 4.78 is 17.7. The summed E-state index contributed by atoms with van der Waals surface area (Å²) in [5, 5.41) is 0. The molecule has 47 heavy (non-hydrogen) atoms. The summed E-state index contributed by atoms with van der Waals surface area (Å²) in [5.41, 5.74) is 3.75. The fraction of sp³-hybridized carbons (Fsp3) is 0.558. The first-order valence-corrected chi connectivity index (χ1v) is 18.9. The maximum atomic E-state index is 12.8. The highest BCUT2D eigenvalue weighted by Crippen LogP contribution is 2.25. The van der Waals surface area contributed by atoms with Gasteiger partial charge in [0, 0.05) is 6.61 Å². The van der Waals surface area contributed by atoms with Gasteiger partial charge in [-0.15, -0.1) is 0 Å². The number of esters is 1. The predicted octanol–water partition coefficient (Wildman–Crippen LogP) is 13.1. The van der Waals surface area contributed by atoms with Gasteiger partial charge in [0.25, 0.3) is 0 Å². The number of benzene rings is 3. The van der Waals surface area contributed by atoms with Crippen molar-refractivity contribution >= 4 is 5.97 Å². The molecule has 1 atom stereocenters. The predicted molar refractivity (Wildman–Crippen MR) is 198 cm³/mol. The van der Waals surface area contributed by atoms with Crippen LogP contribution in [-0.2, 0) is 4.74 Å². The first kappa shape index (κ1) is 38.3. The Morgan fingerprint density at radius 1 is 0.511 bits per heavy atom. The summed E-state index contributed by atoms with van der Waals surface area (Å²) in [5.74, 6) is 1.07. The van der Waals surface area contributed by atoms with Crippen LogP contribution in [0, 0.1) is 0 Å². The van der Waals surface area contributed by atoms with E-state index in [4.69, 9.17) is 14.2 Å². The van der Waals surface area contributed by atoms with E-state index in [2.05, 4.69) is 32.9 Å². The minimum atomic E-state index is -0.362. The molecule has 0 fully saturated rings. The topological polar surface area (TPSA) is 44.8 Å². The summed E-state index contributed by atoms with van der Waals surface area (Å²) in [7, 11) is 0. The lowest BCUT2D eigenvalue weighted by Gasteiger charge is -2.14. The fourth-order valence-corrected chi connectivity index (χ4v) is 5.89. The lowest BCUT2D eigenvalue weighted by atomic mass is 10.0. The van der Waals surface area contributed by atoms with Crippen molar-refractivity contribution < 1.29 is 19.0 Å². The third kappa shape index (κ3) is 16.0. The van der Waals surface area contributed by atoms with E-state index in [1.54, 1.807) is 0 Å². The van der Waals surface area contributed by atoms with E-state index in [0.29, 0.717) is 11.3 Å². The minimum Gasteiger partial charge on any atom is -0.494 e. The number of carbonyl (C=O) groups excluding carboxylic acids is 1. The Bertz CT molecular complexity index is 1200. The molecule has 0 radical (unpaired) electrons. The van der Waals surface area contributed by atoms with Gasteiger partial charge in [0.2, 0.25) is 0 Å². The van der Waals surface area contributed by atoms with Gasteiger partial charge >= 0.3 is 5.97 Å². The number of hydrogen-bond donors (Lipinski definition) is 0. The number of unbranched alkanes of at least 4 members (excludes halogenated alkanes) is 16. The van der Waals surface area contributed by atoms with Crippen molar-refractivity contribution in [3.05, 3.63) is 83.9 Å². The third-order valence-electron chi connectivity index (χ3n) is 9.00. The van der Waals surface area contributed by atoms with Crippen LogP contribution in [0.2, 0.25) is 0 Å². The summed E-state index contributed by atoms with van der Waals surface area (Å²) in [6.07, 6.45) is 23.6. The van der Waals surface area contributed by atoms with Crippen LogP contribution in [0.15, 0.2) is 72.8 Å². The maximum absolute atomic E-state index is 12.8. The van der Waals surface area contributed by atoms with Gasteiger partial charge in [-0.05, 0) is 72.9 Å². The van der Waals surface area contributed by atoms with E-state index < -0.39 is 0 Å². The van der Waals surface area contributed by atoms with Gasteiger partial charge in [0.05, 0.1) is 18.3 Å². The van der Waals surface area contributed by atoms with Crippen LogP contribution in [0.3, 0.4) is 0 Å². The molecule has 4 heteroatoms. The second kappa shape index (κ2) is 24.1. The molecular formula is C43H62O4. The lowest BCUT2D eigenvalue weighted by Crippen LogP contribution is -2.08. The van der Waals surface area contributed by atoms with Crippen LogP contribution in [0.5, 0.6) is 11.5 Å². The molecular weight excluding hydrogens is 580 g/mol. The van der Waals surface area contributed by atoms with Crippen LogP contribution < -0.4 is 9.47 Å². The molecule has 0 heterocycles. The molecule has 0 aliphatic rings. The van der Waals surface area contributed by atoms with E-state index in [9.17, 15) is 4.79 Å². The Labute approximate surface area is 286 Å².